The molecule has 0 saturated carbocycles. The van der Waals surface area contributed by atoms with E-state index in [4.69, 9.17) is 16.1 Å². The number of halogens is 1. The molecule has 2 fully saturated rings. The molecule has 0 radical (unpaired) electrons. The third-order valence-corrected chi connectivity index (χ3v) is 4.93. The number of benzene rings is 1. The Kier molecular flexibility index (Phi) is 4.32. The van der Waals surface area contributed by atoms with Crippen LogP contribution in [-0.4, -0.2) is 60.8 Å². The van der Waals surface area contributed by atoms with E-state index in [0.29, 0.717) is 35.4 Å². The number of amides is 2. The Bertz CT molecular complexity index is 795. The lowest BCUT2D eigenvalue weighted by Crippen LogP contribution is -2.44. The van der Waals surface area contributed by atoms with Crippen LogP contribution in [0.4, 0.5) is 10.5 Å². The summed E-state index contributed by atoms with van der Waals surface area (Å²) in [5.41, 5.74) is 1.38. The van der Waals surface area contributed by atoms with Gasteiger partial charge in [-0.1, -0.05) is 16.8 Å². The summed E-state index contributed by atoms with van der Waals surface area (Å²) < 4.78 is 5.46. The molecule has 2 N–H and O–H groups in total. The average molecular weight is 363 g/mol. The van der Waals surface area contributed by atoms with Crippen molar-refractivity contribution in [3.05, 3.63) is 29.0 Å². The van der Waals surface area contributed by atoms with Crippen molar-refractivity contribution < 1.29 is 9.32 Å². The normalized spacial score (nSPS) is 21.6. The Morgan fingerprint density at radius 2 is 2.20 bits per heavy atom. The molecule has 132 valence electrons. The lowest BCUT2D eigenvalue weighted by Gasteiger charge is -2.30. The molecule has 1 atom stereocenters. The molecule has 1 aromatic carbocycles. The summed E-state index contributed by atoms with van der Waals surface area (Å²) in [5, 5.41) is 10.8. The van der Waals surface area contributed by atoms with E-state index in [1.54, 1.807) is 11.0 Å². The maximum absolute atomic E-state index is 11.9. The van der Waals surface area contributed by atoms with Gasteiger partial charge in [0.2, 0.25) is 0 Å². The van der Waals surface area contributed by atoms with Gasteiger partial charge >= 0.3 is 6.03 Å². The molecule has 8 nitrogen and oxygen atoms in total. The van der Waals surface area contributed by atoms with Gasteiger partial charge in [-0.15, -0.1) is 0 Å². The van der Waals surface area contributed by atoms with Gasteiger partial charge < -0.3 is 15.2 Å². The van der Waals surface area contributed by atoms with Crippen molar-refractivity contribution in [2.75, 3.05) is 44.7 Å². The number of urea groups is 1. The Hall–Kier alpha value is -2.16. The van der Waals surface area contributed by atoms with Crippen LogP contribution < -0.4 is 15.5 Å². The maximum atomic E-state index is 11.9. The minimum absolute atomic E-state index is 0.0672. The summed E-state index contributed by atoms with van der Waals surface area (Å²) in [6.45, 7) is 3.89. The number of likely N-dealkylation sites (N-methyl/N-ethyl adjacent to an activating group) is 1. The molecule has 2 saturated heterocycles. The fourth-order valence-electron chi connectivity index (χ4n) is 3.14. The van der Waals surface area contributed by atoms with Gasteiger partial charge in [-0.05, 0) is 25.2 Å². The summed E-state index contributed by atoms with van der Waals surface area (Å²) in [7, 11) is 2.04. The van der Waals surface area contributed by atoms with Gasteiger partial charge in [0, 0.05) is 38.4 Å². The molecule has 1 aromatic heterocycles. The van der Waals surface area contributed by atoms with Gasteiger partial charge in [-0.3, -0.25) is 9.80 Å². The Morgan fingerprint density at radius 3 is 2.96 bits per heavy atom. The summed E-state index contributed by atoms with van der Waals surface area (Å²) in [6, 6.07) is 5.32. The van der Waals surface area contributed by atoms with Gasteiger partial charge in [0.05, 0.1) is 16.6 Å². The zero-order valence-corrected chi connectivity index (χ0v) is 14.6. The molecule has 9 heteroatoms. The van der Waals surface area contributed by atoms with Crippen LogP contribution in [0.1, 0.15) is 11.9 Å². The minimum atomic E-state index is -0.116. The molecule has 2 aliphatic heterocycles. The monoisotopic (exact) mass is 362 g/mol. The molecular formula is C16H19ClN6O2. The van der Waals surface area contributed by atoms with Crippen molar-refractivity contribution in [2.45, 2.75) is 6.04 Å². The molecule has 4 rings (SSSR count). The van der Waals surface area contributed by atoms with E-state index in [2.05, 4.69) is 25.7 Å². The molecule has 3 heterocycles. The van der Waals surface area contributed by atoms with E-state index in [9.17, 15) is 4.79 Å². The largest absolute Gasteiger partial charge is 0.336 e. The topological polar surface area (TPSA) is 86.5 Å². The highest BCUT2D eigenvalue weighted by Gasteiger charge is 2.27. The molecule has 2 aliphatic rings. The SMILES string of the molecule is CN1CCNCC1c1noc(-c2cc(N3CCNC3=O)ccc2Cl)n1. The molecule has 25 heavy (non-hydrogen) atoms. The highest BCUT2D eigenvalue weighted by molar-refractivity contribution is 6.33. The van der Waals surface area contributed by atoms with Crippen molar-refractivity contribution in [1.82, 2.24) is 25.7 Å². The molecule has 2 amide bonds. The molecule has 0 spiro atoms. The molecule has 2 aromatic rings. The van der Waals surface area contributed by atoms with E-state index in [0.717, 1.165) is 25.3 Å². The first-order valence-electron chi connectivity index (χ1n) is 8.23. The quantitative estimate of drug-likeness (QED) is 0.860. The minimum Gasteiger partial charge on any atom is -0.336 e. The van der Waals surface area contributed by atoms with Gasteiger partial charge in [0.15, 0.2) is 5.82 Å². The second-order valence-electron chi connectivity index (χ2n) is 6.21. The van der Waals surface area contributed by atoms with Crippen molar-refractivity contribution in [1.29, 1.82) is 0 Å². The average Bonchev–Trinajstić information content (AvgIpc) is 3.25. The van der Waals surface area contributed by atoms with E-state index in [1.807, 2.05) is 19.2 Å². The predicted octanol–water partition coefficient (Wildman–Crippen LogP) is 1.50. The number of carbonyl (C=O) groups excluding carboxylic acids is 1. The van der Waals surface area contributed by atoms with Gasteiger partial charge in [-0.2, -0.15) is 4.98 Å². The van der Waals surface area contributed by atoms with Crippen molar-refractivity contribution in [3.63, 3.8) is 0 Å². The number of rotatable bonds is 3. The summed E-state index contributed by atoms with van der Waals surface area (Å²) in [4.78, 5) is 20.3. The number of anilines is 1. The summed E-state index contributed by atoms with van der Waals surface area (Å²) in [6.07, 6.45) is 0. The zero-order chi connectivity index (χ0) is 17.4. The third kappa shape index (κ3) is 3.08. The Morgan fingerprint density at radius 1 is 1.32 bits per heavy atom. The standard InChI is InChI=1S/C16H19ClN6O2/c1-22-6-4-18-9-13(22)14-20-15(25-21-14)11-8-10(2-3-12(11)17)23-7-5-19-16(23)24/h2-3,8,13,18H,4-7,9H2,1H3,(H,19,24). The van der Waals surface area contributed by atoms with Gasteiger partial charge in [0.1, 0.15) is 0 Å². The molecule has 0 bridgehead atoms. The number of nitrogens with zero attached hydrogens (tertiary/aromatic N) is 4. The second kappa shape index (κ2) is 6.62. The van der Waals surface area contributed by atoms with Gasteiger partial charge in [0.25, 0.3) is 5.89 Å². The van der Waals surface area contributed by atoms with Crippen LogP contribution in [0, 0.1) is 0 Å². The van der Waals surface area contributed by atoms with Crippen LogP contribution in [0.2, 0.25) is 5.02 Å². The number of nitrogens with one attached hydrogen (secondary N) is 2. The smallest absolute Gasteiger partial charge is 0.321 e. The van der Waals surface area contributed by atoms with Gasteiger partial charge in [-0.25, -0.2) is 4.79 Å². The number of hydrogen-bond acceptors (Lipinski definition) is 6. The first-order chi connectivity index (χ1) is 12.1. The van der Waals surface area contributed by atoms with E-state index >= 15 is 0 Å². The van der Waals surface area contributed by atoms with Crippen LogP contribution in [0.25, 0.3) is 11.5 Å². The Balaban J connectivity index is 1.64. The zero-order valence-electron chi connectivity index (χ0n) is 13.8. The van der Waals surface area contributed by atoms with E-state index in [1.165, 1.54) is 0 Å². The number of aromatic nitrogens is 2. The summed E-state index contributed by atoms with van der Waals surface area (Å²) >= 11 is 6.33. The lowest BCUT2D eigenvalue weighted by molar-refractivity contribution is 0.190. The van der Waals surface area contributed by atoms with Crippen LogP contribution in [0.15, 0.2) is 22.7 Å². The van der Waals surface area contributed by atoms with Crippen molar-refractivity contribution >= 4 is 23.3 Å². The number of piperazine rings is 1. The van der Waals surface area contributed by atoms with Crippen LogP contribution in [0.5, 0.6) is 0 Å². The van der Waals surface area contributed by atoms with Crippen molar-refractivity contribution in [2.24, 2.45) is 0 Å². The maximum Gasteiger partial charge on any atom is 0.321 e. The van der Waals surface area contributed by atoms with Crippen LogP contribution >= 0.6 is 11.6 Å². The van der Waals surface area contributed by atoms with E-state index < -0.39 is 0 Å². The number of hydrogen-bond donors (Lipinski definition) is 2. The molecular weight excluding hydrogens is 344 g/mol. The molecule has 1 unspecified atom stereocenters. The summed E-state index contributed by atoms with van der Waals surface area (Å²) in [5.74, 6) is 0.991. The predicted molar refractivity (Wildman–Crippen MR) is 93.7 cm³/mol. The lowest BCUT2D eigenvalue weighted by atomic mass is 10.1. The highest BCUT2D eigenvalue weighted by atomic mass is 35.5. The number of carbonyl (C=O) groups is 1. The Labute approximate surface area is 150 Å². The molecule has 0 aliphatic carbocycles. The van der Waals surface area contributed by atoms with Crippen LogP contribution in [0.3, 0.4) is 0 Å². The fourth-order valence-corrected chi connectivity index (χ4v) is 3.34. The van der Waals surface area contributed by atoms with E-state index in [-0.39, 0.29) is 12.1 Å². The fraction of sp³-hybridized carbons (Fsp3) is 0.438. The first kappa shape index (κ1) is 16.3. The van der Waals surface area contributed by atoms with Crippen molar-refractivity contribution in [3.8, 4) is 11.5 Å². The first-order valence-corrected chi connectivity index (χ1v) is 8.61. The highest BCUT2D eigenvalue weighted by Crippen LogP contribution is 2.32. The second-order valence-corrected chi connectivity index (χ2v) is 6.61. The van der Waals surface area contributed by atoms with Crippen LogP contribution in [-0.2, 0) is 0 Å². The third-order valence-electron chi connectivity index (χ3n) is 4.60.